The molecule has 0 aromatic rings. The van der Waals surface area contributed by atoms with Gasteiger partial charge in [-0.2, -0.15) is 0 Å². The molecule has 3 heteroatoms. The van der Waals surface area contributed by atoms with E-state index in [1.165, 1.54) is 5.57 Å². The van der Waals surface area contributed by atoms with E-state index in [-0.39, 0.29) is 11.9 Å². The molecule has 15 heavy (non-hydrogen) atoms. The number of carbonyl (C=O) groups is 1. The maximum Gasteiger partial charge on any atom is 0.239 e. The predicted molar refractivity (Wildman–Crippen MR) is 62.5 cm³/mol. The van der Waals surface area contributed by atoms with E-state index in [9.17, 15) is 4.79 Å². The first-order chi connectivity index (χ1) is 7.15. The molecule has 3 nitrogen and oxygen atoms in total. The summed E-state index contributed by atoms with van der Waals surface area (Å²) >= 11 is 0. The van der Waals surface area contributed by atoms with Crippen LogP contribution in [0.3, 0.4) is 0 Å². The Morgan fingerprint density at radius 3 is 3.00 bits per heavy atom. The minimum atomic E-state index is -0.296. The van der Waals surface area contributed by atoms with Crippen LogP contribution in [0, 0.1) is 0 Å². The number of unbranched alkanes of at least 4 members (excludes halogenated alkanes) is 1. The maximum atomic E-state index is 11.9. The Bertz CT molecular complexity index is 248. The first kappa shape index (κ1) is 12.2. The molecule has 0 bridgehead atoms. The van der Waals surface area contributed by atoms with E-state index in [1.807, 2.05) is 4.90 Å². The zero-order valence-electron chi connectivity index (χ0n) is 9.83. The fourth-order valence-electron chi connectivity index (χ4n) is 1.88. The highest BCUT2D eigenvalue weighted by Gasteiger charge is 2.21. The normalized spacial score (nSPS) is 18.6. The van der Waals surface area contributed by atoms with Crippen molar-refractivity contribution in [3.63, 3.8) is 0 Å². The van der Waals surface area contributed by atoms with Gasteiger partial charge in [-0.3, -0.25) is 4.79 Å². The molecule has 0 fully saturated rings. The van der Waals surface area contributed by atoms with Crippen molar-refractivity contribution in [3.8, 4) is 0 Å². The van der Waals surface area contributed by atoms with Crippen LogP contribution in [0.5, 0.6) is 0 Å². The standard InChI is InChI=1S/C12H22N2O/c1-3-4-7-11(13)12(15)14-8-5-6-10(2)9-14/h6,11H,3-5,7-9,13H2,1-2H3/t11-/m0/s1. The number of hydrogen-bond acceptors (Lipinski definition) is 2. The van der Waals surface area contributed by atoms with Crippen LogP contribution in [-0.2, 0) is 4.79 Å². The lowest BCUT2D eigenvalue weighted by Crippen LogP contribution is -2.45. The van der Waals surface area contributed by atoms with E-state index in [0.29, 0.717) is 0 Å². The second-order valence-corrected chi connectivity index (χ2v) is 4.35. The van der Waals surface area contributed by atoms with Gasteiger partial charge in [-0.25, -0.2) is 0 Å². The molecule has 86 valence electrons. The lowest BCUT2D eigenvalue weighted by molar-refractivity contribution is -0.132. The molecular formula is C12H22N2O. The molecule has 1 rings (SSSR count). The molecule has 0 radical (unpaired) electrons. The first-order valence-corrected chi connectivity index (χ1v) is 5.85. The Hall–Kier alpha value is -0.830. The second kappa shape index (κ2) is 5.91. The summed E-state index contributed by atoms with van der Waals surface area (Å²) in [5, 5.41) is 0. The number of amides is 1. The van der Waals surface area contributed by atoms with Gasteiger partial charge in [0.2, 0.25) is 5.91 Å². The highest BCUT2D eigenvalue weighted by Crippen LogP contribution is 2.11. The van der Waals surface area contributed by atoms with Crippen LogP contribution in [0.2, 0.25) is 0 Å². The summed E-state index contributed by atoms with van der Waals surface area (Å²) < 4.78 is 0. The second-order valence-electron chi connectivity index (χ2n) is 4.35. The molecule has 1 aliphatic rings. The number of nitrogens with zero attached hydrogens (tertiary/aromatic N) is 1. The van der Waals surface area contributed by atoms with E-state index < -0.39 is 0 Å². The monoisotopic (exact) mass is 210 g/mol. The summed E-state index contributed by atoms with van der Waals surface area (Å²) in [6.07, 6.45) is 6.11. The summed E-state index contributed by atoms with van der Waals surface area (Å²) in [5.41, 5.74) is 7.14. The van der Waals surface area contributed by atoms with Crippen molar-refractivity contribution in [1.82, 2.24) is 4.90 Å². The molecule has 1 atom stereocenters. The van der Waals surface area contributed by atoms with E-state index in [1.54, 1.807) is 0 Å². The van der Waals surface area contributed by atoms with Crippen LogP contribution in [0.15, 0.2) is 11.6 Å². The van der Waals surface area contributed by atoms with Gasteiger partial charge in [0.15, 0.2) is 0 Å². The Labute approximate surface area is 92.3 Å². The van der Waals surface area contributed by atoms with Gasteiger partial charge in [0.05, 0.1) is 6.04 Å². The molecule has 1 amide bonds. The van der Waals surface area contributed by atoms with Gasteiger partial charge in [0.25, 0.3) is 0 Å². The zero-order chi connectivity index (χ0) is 11.3. The third-order valence-electron chi connectivity index (χ3n) is 2.83. The smallest absolute Gasteiger partial charge is 0.239 e. The van der Waals surface area contributed by atoms with Crippen LogP contribution in [0.4, 0.5) is 0 Å². The van der Waals surface area contributed by atoms with E-state index in [2.05, 4.69) is 19.9 Å². The third-order valence-corrected chi connectivity index (χ3v) is 2.83. The minimum Gasteiger partial charge on any atom is -0.337 e. The molecule has 0 unspecified atom stereocenters. The summed E-state index contributed by atoms with van der Waals surface area (Å²) in [6.45, 7) is 5.77. The van der Waals surface area contributed by atoms with Crippen molar-refractivity contribution in [2.45, 2.75) is 45.6 Å². The van der Waals surface area contributed by atoms with E-state index in [4.69, 9.17) is 5.73 Å². The minimum absolute atomic E-state index is 0.121. The van der Waals surface area contributed by atoms with Crippen molar-refractivity contribution in [2.24, 2.45) is 5.73 Å². The highest BCUT2D eigenvalue weighted by atomic mass is 16.2. The lowest BCUT2D eigenvalue weighted by atomic mass is 10.1. The molecule has 1 heterocycles. The third kappa shape index (κ3) is 3.67. The largest absolute Gasteiger partial charge is 0.337 e. The van der Waals surface area contributed by atoms with Crippen LogP contribution in [0.25, 0.3) is 0 Å². The van der Waals surface area contributed by atoms with E-state index >= 15 is 0 Å². The van der Waals surface area contributed by atoms with Crippen molar-refractivity contribution >= 4 is 5.91 Å². The highest BCUT2D eigenvalue weighted by molar-refractivity contribution is 5.82. The average molecular weight is 210 g/mol. The number of hydrogen-bond donors (Lipinski definition) is 1. The summed E-state index contributed by atoms with van der Waals surface area (Å²) in [7, 11) is 0. The Morgan fingerprint density at radius 2 is 2.40 bits per heavy atom. The molecule has 0 aliphatic carbocycles. The molecule has 0 spiro atoms. The number of nitrogens with two attached hydrogens (primary N) is 1. The summed E-state index contributed by atoms with van der Waals surface area (Å²) in [4.78, 5) is 13.8. The quantitative estimate of drug-likeness (QED) is 0.718. The van der Waals surface area contributed by atoms with Crippen LogP contribution >= 0.6 is 0 Å². The number of rotatable bonds is 4. The predicted octanol–water partition coefficient (Wildman–Crippen LogP) is 1.68. The maximum absolute atomic E-state index is 11.9. The van der Waals surface area contributed by atoms with Crippen molar-refractivity contribution in [1.29, 1.82) is 0 Å². The molecule has 0 aromatic heterocycles. The summed E-state index contributed by atoms with van der Waals surface area (Å²) in [6, 6.07) is -0.296. The van der Waals surface area contributed by atoms with Crippen molar-refractivity contribution in [2.75, 3.05) is 13.1 Å². The molecule has 0 aromatic carbocycles. The van der Waals surface area contributed by atoms with Crippen LogP contribution in [0.1, 0.15) is 39.5 Å². The SMILES string of the molecule is CCCC[C@H](N)C(=O)N1CCC=C(C)C1. The molecular weight excluding hydrogens is 188 g/mol. The van der Waals surface area contributed by atoms with Gasteiger partial charge < -0.3 is 10.6 Å². The summed E-state index contributed by atoms with van der Waals surface area (Å²) in [5.74, 6) is 0.121. The van der Waals surface area contributed by atoms with Gasteiger partial charge in [-0.15, -0.1) is 0 Å². The fourth-order valence-corrected chi connectivity index (χ4v) is 1.88. The van der Waals surface area contributed by atoms with Crippen molar-refractivity contribution < 1.29 is 4.79 Å². The van der Waals surface area contributed by atoms with Gasteiger partial charge in [-0.1, -0.05) is 31.4 Å². The number of carbonyl (C=O) groups excluding carboxylic acids is 1. The molecule has 0 saturated heterocycles. The topological polar surface area (TPSA) is 46.3 Å². The lowest BCUT2D eigenvalue weighted by Gasteiger charge is -2.28. The Morgan fingerprint density at radius 1 is 1.67 bits per heavy atom. The Balaban J connectivity index is 2.42. The van der Waals surface area contributed by atoms with Gasteiger partial charge in [0.1, 0.15) is 0 Å². The average Bonchev–Trinajstić information content (AvgIpc) is 2.24. The fraction of sp³-hybridized carbons (Fsp3) is 0.750. The molecule has 0 saturated carbocycles. The van der Waals surface area contributed by atoms with Gasteiger partial charge in [0, 0.05) is 13.1 Å². The van der Waals surface area contributed by atoms with Crippen molar-refractivity contribution in [3.05, 3.63) is 11.6 Å². The van der Waals surface area contributed by atoms with Crippen LogP contribution in [-0.4, -0.2) is 29.9 Å². The first-order valence-electron chi connectivity index (χ1n) is 5.85. The van der Waals surface area contributed by atoms with Gasteiger partial charge >= 0.3 is 0 Å². The molecule has 1 aliphatic heterocycles. The Kier molecular flexibility index (Phi) is 4.82. The van der Waals surface area contributed by atoms with Crippen LogP contribution < -0.4 is 5.73 Å². The molecule has 2 N–H and O–H groups in total. The van der Waals surface area contributed by atoms with E-state index in [0.717, 1.165) is 38.8 Å². The van der Waals surface area contributed by atoms with Gasteiger partial charge in [-0.05, 0) is 19.8 Å². The zero-order valence-corrected chi connectivity index (χ0v) is 9.83.